The van der Waals surface area contributed by atoms with E-state index in [1.54, 1.807) is 6.07 Å². The highest BCUT2D eigenvalue weighted by Gasteiger charge is 2.29. The van der Waals surface area contributed by atoms with Crippen LogP contribution in [-0.2, 0) is 13.0 Å². The molecule has 7 nitrogen and oxygen atoms in total. The van der Waals surface area contributed by atoms with E-state index in [2.05, 4.69) is 30.2 Å². The van der Waals surface area contributed by atoms with Crippen molar-refractivity contribution in [3.8, 4) is 0 Å². The first kappa shape index (κ1) is 23.6. The summed E-state index contributed by atoms with van der Waals surface area (Å²) in [6, 6.07) is 4.84. The maximum atomic E-state index is 14.1. The van der Waals surface area contributed by atoms with Gasteiger partial charge in [-0.15, -0.1) is 5.10 Å². The number of hydrogen-bond donors (Lipinski definition) is 1. The van der Waals surface area contributed by atoms with Crippen LogP contribution in [0.2, 0.25) is 10.0 Å². The highest BCUT2D eigenvalue weighted by atomic mass is 35.5. The van der Waals surface area contributed by atoms with Gasteiger partial charge in [0.15, 0.2) is 0 Å². The predicted octanol–water partition coefficient (Wildman–Crippen LogP) is 4.13. The van der Waals surface area contributed by atoms with E-state index < -0.39 is 5.82 Å². The summed E-state index contributed by atoms with van der Waals surface area (Å²) in [7, 11) is 0. The largest absolute Gasteiger partial charge is 0.395 e. The quantitative estimate of drug-likeness (QED) is 0.598. The molecule has 1 aromatic heterocycles. The average Bonchev–Trinajstić information content (AvgIpc) is 3.35. The van der Waals surface area contributed by atoms with Crippen molar-refractivity contribution in [1.82, 2.24) is 15.1 Å². The Balaban J connectivity index is 1.30. The van der Waals surface area contributed by atoms with Crippen LogP contribution in [0.4, 0.5) is 10.1 Å². The lowest BCUT2D eigenvalue weighted by atomic mass is 9.89. The zero-order chi connectivity index (χ0) is 23.7. The number of aliphatic hydroxyl groups excluding tert-OH is 1. The van der Waals surface area contributed by atoms with Gasteiger partial charge in [-0.3, -0.25) is 0 Å². The van der Waals surface area contributed by atoms with E-state index in [0.717, 1.165) is 80.4 Å². The van der Waals surface area contributed by atoms with Gasteiger partial charge in [-0.05, 0) is 57.0 Å². The second-order valence-electron chi connectivity index (χ2n) is 9.06. The van der Waals surface area contributed by atoms with Crippen molar-refractivity contribution in [2.45, 2.75) is 38.6 Å². The van der Waals surface area contributed by atoms with Crippen molar-refractivity contribution >= 4 is 40.3 Å². The number of aliphatic hydroxyl groups is 1. The Morgan fingerprint density at radius 1 is 1.09 bits per heavy atom. The maximum absolute atomic E-state index is 14.1. The SMILES string of the molecule is OCCN1CCC(C2=NN=C(c3cc4c(nn3)CCCN4Cc3c(Cl)ccc(F)c3Cl)C2)CC1. The lowest BCUT2D eigenvalue weighted by Gasteiger charge is -2.31. The van der Waals surface area contributed by atoms with Crippen LogP contribution in [-0.4, -0.2) is 64.4 Å². The molecule has 0 atom stereocenters. The zero-order valence-corrected chi connectivity index (χ0v) is 20.4. The molecular formula is C24H27Cl2FN6O. The Hall–Kier alpha value is -2.13. The summed E-state index contributed by atoms with van der Waals surface area (Å²) < 4.78 is 14.1. The lowest BCUT2D eigenvalue weighted by Crippen LogP contribution is -2.37. The second-order valence-corrected chi connectivity index (χ2v) is 9.85. The van der Waals surface area contributed by atoms with Gasteiger partial charge in [-0.1, -0.05) is 23.2 Å². The van der Waals surface area contributed by atoms with E-state index in [0.29, 0.717) is 29.5 Å². The van der Waals surface area contributed by atoms with Gasteiger partial charge >= 0.3 is 0 Å². The summed E-state index contributed by atoms with van der Waals surface area (Å²) in [5.74, 6) is -0.0606. The topological polar surface area (TPSA) is 77.2 Å². The molecule has 0 saturated carbocycles. The minimum Gasteiger partial charge on any atom is -0.395 e. The predicted molar refractivity (Wildman–Crippen MR) is 133 cm³/mol. The number of halogens is 3. The molecule has 34 heavy (non-hydrogen) atoms. The zero-order valence-electron chi connectivity index (χ0n) is 18.9. The number of fused-ring (bicyclic) bond motifs is 1. The summed E-state index contributed by atoms with van der Waals surface area (Å²) in [6.45, 7) is 4.06. The van der Waals surface area contributed by atoms with E-state index in [4.69, 9.17) is 28.3 Å². The summed E-state index contributed by atoms with van der Waals surface area (Å²) in [5, 5.41) is 27.6. The molecule has 1 N–H and O–H groups in total. The number of nitrogens with zero attached hydrogens (tertiary/aromatic N) is 6. The molecule has 4 heterocycles. The number of aromatic nitrogens is 2. The molecule has 5 rings (SSSR count). The fourth-order valence-electron chi connectivity index (χ4n) is 4.99. The smallest absolute Gasteiger partial charge is 0.142 e. The summed E-state index contributed by atoms with van der Waals surface area (Å²) in [5.41, 5.74) is 5.10. The molecule has 180 valence electrons. The van der Waals surface area contributed by atoms with Crippen LogP contribution in [0.3, 0.4) is 0 Å². The van der Waals surface area contributed by atoms with Gasteiger partial charge in [0, 0.05) is 48.3 Å². The van der Waals surface area contributed by atoms with Crippen LogP contribution in [0.15, 0.2) is 28.4 Å². The number of hydrogen-bond acceptors (Lipinski definition) is 7. The van der Waals surface area contributed by atoms with Crippen LogP contribution < -0.4 is 4.90 Å². The number of likely N-dealkylation sites (tertiary alicyclic amines) is 1. The number of anilines is 1. The fraction of sp³-hybridized carbons (Fsp3) is 0.500. The third kappa shape index (κ3) is 4.82. The lowest BCUT2D eigenvalue weighted by molar-refractivity contribution is 0.162. The molecule has 3 aliphatic heterocycles. The molecule has 1 saturated heterocycles. The molecule has 0 radical (unpaired) electrons. The summed E-state index contributed by atoms with van der Waals surface area (Å²) in [6.07, 6.45) is 4.50. The van der Waals surface area contributed by atoms with Crippen LogP contribution in [0.5, 0.6) is 0 Å². The van der Waals surface area contributed by atoms with Crippen molar-refractivity contribution < 1.29 is 9.50 Å². The van der Waals surface area contributed by atoms with Crippen molar-refractivity contribution in [2.75, 3.05) is 37.7 Å². The van der Waals surface area contributed by atoms with Gasteiger partial charge in [-0.25, -0.2) is 4.39 Å². The van der Waals surface area contributed by atoms with Crippen molar-refractivity contribution in [3.63, 3.8) is 0 Å². The monoisotopic (exact) mass is 504 g/mol. The Morgan fingerprint density at radius 2 is 1.91 bits per heavy atom. The number of β-amino-alcohol motifs (C(OH)–C–C–N with tert-alkyl or cyclic N) is 1. The minimum absolute atomic E-state index is 0.0603. The first-order valence-electron chi connectivity index (χ1n) is 11.7. The normalized spacial score (nSPS) is 19.2. The number of aryl methyl sites for hydroxylation is 1. The first-order valence-corrected chi connectivity index (χ1v) is 12.5. The Kier molecular flexibility index (Phi) is 7.11. The molecule has 0 amide bonds. The van der Waals surface area contributed by atoms with Crippen molar-refractivity contribution in [2.24, 2.45) is 16.1 Å². The molecular weight excluding hydrogens is 478 g/mol. The van der Waals surface area contributed by atoms with Gasteiger partial charge in [0.25, 0.3) is 0 Å². The highest BCUT2D eigenvalue weighted by molar-refractivity contribution is 6.36. The van der Waals surface area contributed by atoms with Crippen molar-refractivity contribution in [1.29, 1.82) is 0 Å². The van der Waals surface area contributed by atoms with Crippen LogP contribution in [0.1, 0.15) is 42.6 Å². The Bertz CT molecular complexity index is 1130. The average molecular weight is 505 g/mol. The molecule has 1 aromatic carbocycles. The van der Waals surface area contributed by atoms with E-state index >= 15 is 0 Å². The standard InChI is InChI=1S/C24H27Cl2FN6O/c25-17-3-4-18(27)24(26)16(17)14-33-7-1-2-19-23(33)13-22(31-28-19)21-12-20(29-30-21)15-5-8-32(9-6-15)10-11-34/h3-4,13,15,34H,1-2,5-12,14H2. The molecule has 0 aliphatic carbocycles. The van der Waals surface area contributed by atoms with Crippen LogP contribution >= 0.6 is 23.2 Å². The Morgan fingerprint density at radius 3 is 2.71 bits per heavy atom. The molecule has 2 aromatic rings. The van der Waals surface area contributed by atoms with Crippen LogP contribution in [0.25, 0.3) is 0 Å². The second kappa shape index (κ2) is 10.2. The highest BCUT2D eigenvalue weighted by Crippen LogP contribution is 2.33. The molecule has 3 aliphatic rings. The van der Waals surface area contributed by atoms with Gasteiger partial charge in [-0.2, -0.15) is 15.3 Å². The molecule has 0 spiro atoms. The minimum atomic E-state index is -0.473. The molecule has 0 unspecified atom stereocenters. The molecule has 0 bridgehead atoms. The van der Waals surface area contributed by atoms with Gasteiger partial charge in [0.1, 0.15) is 11.5 Å². The summed E-state index contributed by atoms with van der Waals surface area (Å²) >= 11 is 12.6. The van der Waals surface area contributed by atoms with E-state index in [1.807, 2.05) is 6.07 Å². The van der Waals surface area contributed by atoms with E-state index in [1.165, 1.54) is 6.07 Å². The first-order chi connectivity index (χ1) is 16.5. The Labute approximate surface area is 208 Å². The van der Waals surface area contributed by atoms with Crippen LogP contribution in [0, 0.1) is 11.7 Å². The maximum Gasteiger partial charge on any atom is 0.142 e. The third-order valence-electron chi connectivity index (χ3n) is 6.94. The molecule has 10 heteroatoms. The van der Waals surface area contributed by atoms with Gasteiger partial charge in [0.05, 0.1) is 28.7 Å². The number of rotatable bonds is 6. The third-order valence-corrected chi connectivity index (χ3v) is 7.70. The summed E-state index contributed by atoms with van der Waals surface area (Å²) in [4.78, 5) is 4.42. The van der Waals surface area contributed by atoms with Crippen molar-refractivity contribution in [3.05, 3.63) is 51.0 Å². The van der Waals surface area contributed by atoms with Gasteiger partial charge in [0.2, 0.25) is 0 Å². The number of piperidine rings is 1. The fourth-order valence-corrected chi connectivity index (χ4v) is 5.48. The van der Waals surface area contributed by atoms with E-state index in [9.17, 15) is 4.39 Å². The van der Waals surface area contributed by atoms with Gasteiger partial charge < -0.3 is 14.9 Å². The number of benzene rings is 1. The molecule has 1 fully saturated rings. The van der Waals surface area contributed by atoms with E-state index in [-0.39, 0.29) is 11.6 Å².